The second-order valence-corrected chi connectivity index (χ2v) is 7.43. The summed E-state index contributed by atoms with van der Waals surface area (Å²) in [6.45, 7) is 0. The lowest BCUT2D eigenvalue weighted by Gasteiger charge is -2.34. The van der Waals surface area contributed by atoms with E-state index in [9.17, 15) is 18.3 Å². The van der Waals surface area contributed by atoms with Gasteiger partial charge in [-0.05, 0) is 24.1 Å². The SMILES string of the molecule is CN1C([O-])=C(C(=O)Nc2ccccc2Cl)c2ccccc2S1(=O)=O. The first kappa shape index (κ1) is 16.4. The second kappa shape index (κ2) is 5.85. The minimum atomic E-state index is -3.96. The Hall–Kier alpha value is -2.51. The molecule has 3 rings (SSSR count). The van der Waals surface area contributed by atoms with Gasteiger partial charge in [0.25, 0.3) is 15.9 Å². The number of rotatable bonds is 2. The minimum Gasteiger partial charge on any atom is -0.859 e. The molecule has 2 aromatic carbocycles. The summed E-state index contributed by atoms with van der Waals surface area (Å²) in [6.07, 6.45) is 0. The number of fused-ring (bicyclic) bond motifs is 1. The summed E-state index contributed by atoms with van der Waals surface area (Å²) in [6, 6.07) is 12.4. The van der Waals surface area contributed by atoms with E-state index >= 15 is 0 Å². The molecule has 1 heterocycles. The molecular formula is C16H12ClN2O4S-. The summed E-state index contributed by atoms with van der Waals surface area (Å²) in [7, 11) is -2.84. The van der Waals surface area contributed by atoms with Crippen molar-refractivity contribution in [3.8, 4) is 0 Å². The van der Waals surface area contributed by atoms with Crippen LogP contribution in [0.4, 0.5) is 5.69 Å². The topological polar surface area (TPSA) is 89.5 Å². The molecule has 2 aromatic rings. The lowest BCUT2D eigenvalue weighted by molar-refractivity contribution is -0.321. The number of hydrogen-bond donors (Lipinski definition) is 1. The van der Waals surface area contributed by atoms with Crippen molar-refractivity contribution in [2.75, 3.05) is 12.4 Å². The van der Waals surface area contributed by atoms with Crippen molar-refractivity contribution in [1.29, 1.82) is 0 Å². The van der Waals surface area contributed by atoms with E-state index < -0.39 is 21.8 Å². The number of anilines is 1. The van der Waals surface area contributed by atoms with Gasteiger partial charge in [-0.25, -0.2) is 8.42 Å². The van der Waals surface area contributed by atoms with E-state index in [4.69, 9.17) is 11.6 Å². The van der Waals surface area contributed by atoms with Crippen molar-refractivity contribution >= 4 is 38.8 Å². The fraction of sp³-hybridized carbons (Fsp3) is 0.0625. The number of halogens is 1. The Morgan fingerprint density at radius 1 is 1.12 bits per heavy atom. The molecule has 1 N–H and O–H groups in total. The molecule has 0 aliphatic carbocycles. The zero-order valence-corrected chi connectivity index (χ0v) is 14.1. The van der Waals surface area contributed by atoms with E-state index in [1.165, 1.54) is 18.2 Å². The van der Waals surface area contributed by atoms with Crippen LogP contribution in [0.1, 0.15) is 5.56 Å². The second-order valence-electron chi connectivity index (χ2n) is 5.08. The number of nitrogens with one attached hydrogen (secondary N) is 1. The lowest BCUT2D eigenvalue weighted by Crippen LogP contribution is -2.39. The number of amides is 1. The van der Waals surface area contributed by atoms with Crippen molar-refractivity contribution in [1.82, 2.24) is 4.31 Å². The highest BCUT2D eigenvalue weighted by molar-refractivity contribution is 7.89. The molecular weight excluding hydrogens is 352 g/mol. The maximum absolute atomic E-state index is 12.6. The van der Waals surface area contributed by atoms with Crippen LogP contribution in [0, 0.1) is 0 Å². The van der Waals surface area contributed by atoms with Crippen LogP contribution in [-0.4, -0.2) is 25.7 Å². The molecule has 0 saturated heterocycles. The van der Waals surface area contributed by atoms with E-state index in [1.807, 2.05) is 0 Å². The van der Waals surface area contributed by atoms with Gasteiger partial charge < -0.3 is 10.4 Å². The predicted octanol–water partition coefficient (Wildman–Crippen LogP) is 1.64. The van der Waals surface area contributed by atoms with Crippen LogP contribution in [0.15, 0.2) is 59.3 Å². The van der Waals surface area contributed by atoms with Gasteiger partial charge in [-0.2, -0.15) is 0 Å². The summed E-state index contributed by atoms with van der Waals surface area (Å²) in [5.41, 5.74) is 0.158. The molecule has 1 aliphatic rings. The van der Waals surface area contributed by atoms with Gasteiger partial charge >= 0.3 is 0 Å². The molecule has 0 unspecified atom stereocenters. The first-order valence-electron chi connectivity index (χ1n) is 6.89. The van der Waals surface area contributed by atoms with Gasteiger partial charge in [0.1, 0.15) is 0 Å². The van der Waals surface area contributed by atoms with Crippen molar-refractivity contribution in [2.45, 2.75) is 4.90 Å². The highest BCUT2D eigenvalue weighted by Gasteiger charge is 2.33. The summed E-state index contributed by atoms with van der Waals surface area (Å²) >= 11 is 6.00. The van der Waals surface area contributed by atoms with Gasteiger partial charge in [0.15, 0.2) is 0 Å². The summed E-state index contributed by atoms with van der Waals surface area (Å²) < 4.78 is 25.2. The van der Waals surface area contributed by atoms with Crippen LogP contribution in [-0.2, 0) is 14.8 Å². The van der Waals surface area contributed by atoms with Crippen LogP contribution in [0.3, 0.4) is 0 Å². The zero-order valence-electron chi connectivity index (χ0n) is 12.5. The first-order chi connectivity index (χ1) is 11.3. The Balaban J connectivity index is 2.11. The molecule has 0 saturated carbocycles. The maximum atomic E-state index is 12.6. The minimum absolute atomic E-state index is 0.0742. The number of sulfonamides is 1. The van der Waals surface area contributed by atoms with Crippen LogP contribution < -0.4 is 10.4 Å². The first-order valence-corrected chi connectivity index (χ1v) is 8.71. The highest BCUT2D eigenvalue weighted by atomic mass is 35.5. The van der Waals surface area contributed by atoms with Gasteiger partial charge in [0.2, 0.25) is 0 Å². The summed E-state index contributed by atoms with van der Waals surface area (Å²) in [4.78, 5) is 12.5. The van der Waals surface area contributed by atoms with E-state index in [-0.39, 0.29) is 16.0 Å². The molecule has 0 aromatic heterocycles. The molecule has 1 amide bonds. The van der Waals surface area contributed by atoms with Crippen molar-refractivity contribution in [2.24, 2.45) is 0 Å². The number of carbonyl (C=O) groups is 1. The van der Waals surface area contributed by atoms with E-state index in [0.717, 1.165) is 7.05 Å². The van der Waals surface area contributed by atoms with Crippen LogP contribution >= 0.6 is 11.6 Å². The zero-order chi connectivity index (χ0) is 17.5. The number of para-hydroxylation sites is 1. The fourth-order valence-corrected chi connectivity index (χ4v) is 3.88. The molecule has 0 radical (unpaired) electrons. The Bertz CT molecular complexity index is 970. The fourth-order valence-electron chi connectivity index (χ4n) is 2.39. The third-order valence-corrected chi connectivity index (χ3v) is 5.77. The standard InChI is InChI=1S/C16H13ClN2O4S/c1-19-16(21)14(10-6-2-5-9-13(10)24(19,22)23)15(20)18-12-8-4-3-7-11(12)17/h2-9,21H,1H3,(H,18,20)/p-1. The molecule has 1 aliphatic heterocycles. The van der Waals surface area contributed by atoms with Crippen molar-refractivity contribution in [3.05, 3.63) is 65.0 Å². The Morgan fingerprint density at radius 3 is 2.46 bits per heavy atom. The quantitative estimate of drug-likeness (QED) is 0.878. The molecule has 124 valence electrons. The van der Waals surface area contributed by atoms with Crippen LogP contribution in [0.2, 0.25) is 5.02 Å². The number of nitrogens with zero attached hydrogens (tertiary/aromatic N) is 1. The Kier molecular flexibility index (Phi) is 3.98. The Morgan fingerprint density at radius 2 is 1.75 bits per heavy atom. The predicted molar refractivity (Wildman–Crippen MR) is 88.4 cm³/mol. The van der Waals surface area contributed by atoms with Gasteiger partial charge in [-0.3, -0.25) is 9.10 Å². The van der Waals surface area contributed by atoms with Gasteiger partial charge in [-0.15, -0.1) is 0 Å². The number of hydrogen-bond acceptors (Lipinski definition) is 4. The van der Waals surface area contributed by atoms with Crippen molar-refractivity contribution in [3.63, 3.8) is 0 Å². The lowest BCUT2D eigenvalue weighted by atomic mass is 10.0. The van der Waals surface area contributed by atoms with Gasteiger partial charge in [-0.1, -0.05) is 41.9 Å². The third kappa shape index (κ3) is 2.51. The van der Waals surface area contributed by atoms with Crippen LogP contribution in [0.5, 0.6) is 0 Å². The smallest absolute Gasteiger partial charge is 0.263 e. The average molecular weight is 364 g/mol. The summed E-state index contributed by atoms with van der Waals surface area (Å²) in [5.74, 6) is -1.61. The monoisotopic (exact) mass is 363 g/mol. The molecule has 0 bridgehead atoms. The molecule has 0 fully saturated rings. The van der Waals surface area contributed by atoms with Gasteiger partial charge in [0.05, 0.1) is 21.2 Å². The van der Waals surface area contributed by atoms with E-state index in [2.05, 4.69) is 5.32 Å². The molecule has 0 spiro atoms. The largest absolute Gasteiger partial charge is 0.859 e. The van der Waals surface area contributed by atoms with Crippen LogP contribution in [0.25, 0.3) is 5.57 Å². The Labute approximate surface area is 144 Å². The molecule has 8 heteroatoms. The number of carbonyl (C=O) groups excluding carboxylic acids is 1. The summed E-state index contributed by atoms with van der Waals surface area (Å²) in [5, 5.41) is 15.3. The van der Waals surface area contributed by atoms with Gasteiger partial charge in [0, 0.05) is 12.6 Å². The normalized spacial score (nSPS) is 15.8. The van der Waals surface area contributed by atoms with E-state index in [1.54, 1.807) is 30.3 Å². The molecule has 0 atom stereocenters. The van der Waals surface area contributed by atoms with Crippen molar-refractivity contribution < 1.29 is 18.3 Å². The number of benzene rings is 2. The average Bonchev–Trinajstić information content (AvgIpc) is 2.55. The molecule has 24 heavy (non-hydrogen) atoms. The molecule has 6 nitrogen and oxygen atoms in total. The van der Waals surface area contributed by atoms with E-state index in [0.29, 0.717) is 15.0 Å². The third-order valence-electron chi connectivity index (χ3n) is 3.64. The maximum Gasteiger partial charge on any atom is 0.263 e. The highest BCUT2D eigenvalue weighted by Crippen LogP contribution is 2.34.